The summed E-state index contributed by atoms with van der Waals surface area (Å²) in [6.45, 7) is 6.35. The van der Waals surface area contributed by atoms with Gasteiger partial charge in [-0.25, -0.2) is 0 Å². The lowest BCUT2D eigenvalue weighted by Gasteiger charge is -2.33. The highest BCUT2D eigenvalue weighted by molar-refractivity contribution is 7.79. The van der Waals surface area contributed by atoms with Crippen LogP contribution in [0.2, 0.25) is 0 Å². The minimum atomic E-state index is -0.101. The lowest BCUT2D eigenvalue weighted by Crippen LogP contribution is -2.26. The number of rotatable bonds is 4. The van der Waals surface area contributed by atoms with Gasteiger partial charge in [0.05, 0.1) is 0 Å². The Morgan fingerprint density at radius 1 is 1.14 bits per heavy atom. The summed E-state index contributed by atoms with van der Waals surface area (Å²) in [6.07, 6.45) is 12.4. The van der Waals surface area contributed by atoms with Gasteiger partial charge in [0, 0.05) is 6.92 Å². The van der Waals surface area contributed by atoms with E-state index in [1.54, 1.807) is 13.2 Å². The molecule has 124 valence electrons. The first kappa shape index (κ1) is 18.9. The molecule has 0 aromatic carbocycles. The number of esters is 1. The lowest BCUT2D eigenvalue weighted by atomic mass is 9.74. The largest absolute Gasteiger partial charge is 0.462 e. The summed E-state index contributed by atoms with van der Waals surface area (Å²) in [5, 5.41) is 0. The molecule has 0 amide bonds. The van der Waals surface area contributed by atoms with Crippen molar-refractivity contribution in [1.29, 1.82) is 0 Å². The number of carbonyl (C=O) groups is 1. The molecule has 0 aromatic rings. The fourth-order valence-corrected chi connectivity index (χ4v) is 4.17. The molecule has 2 aliphatic carbocycles. The molecule has 0 spiro atoms. The van der Waals surface area contributed by atoms with E-state index in [0.717, 1.165) is 24.2 Å². The van der Waals surface area contributed by atoms with Crippen LogP contribution in [-0.2, 0) is 9.53 Å². The Morgan fingerprint density at radius 2 is 1.76 bits per heavy atom. The van der Waals surface area contributed by atoms with Crippen LogP contribution in [0.1, 0.15) is 72.1 Å². The quantitative estimate of drug-likeness (QED) is 0.576. The Labute approximate surface area is 136 Å². The van der Waals surface area contributed by atoms with Crippen LogP contribution < -0.4 is 0 Å². The van der Waals surface area contributed by atoms with Crippen LogP contribution in [0.5, 0.6) is 0 Å². The van der Waals surface area contributed by atoms with Gasteiger partial charge in [0.1, 0.15) is 6.10 Å². The molecule has 0 bridgehead atoms. The smallest absolute Gasteiger partial charge is 0.302 e. The zero-order valence-electron chi connectivity index (χ0n) is 14.3. The molecule has 2 aliphatic rings. The monoisotopic (exact) mass is 314 g/mol. The maximum absolute atomic E-state index is 11.1. The summed E-state index contributed by atoms with van der Waals surface area (Å²) in [4.78, 5) is 11.1. The number of ether oxygens (including phenoxy) is 1. The summed E-state index contributed by atoms with van der Waals surface area (Å²) in [5.41, 5.74) is 0. The second-order valence-electron chi connectivity index (χ2n) is 7.07. The predicted octanol–water partition coefficient (Wildman–Crippen LogP) is 5.12. The van der Waals surface area contributed by atoms with Crippen molar-refractivity contribution in [3.63, 3.8) is 0 Å². The first-order chi connectivity index (χ1) is 10.1. The highest BCUT2D eigenvalue weighted by atomic mass is 32.1. The van der Waals surface area contributed by atoms with E-state index in [-0.39, 0.29) is 12.1 Å². The van der Waals surface area contributed by atoms with Gasteiger partial charge >= 0.3 is 5.97 Å². The molecule has 3 atom stereocenters. The van der Waals surface area contributed by atoms with Crippen molar-refractivity contribution < 1.29 is 9.53 Å². The minimum absolute atomic E-state index is 0.101. The van der Waals surface area contributed by atoms with Gasteiger partial charge in [-0.1, -0.05) is 26.7 Å². The van der Waals surface area contributed by atoms with Crippen molar-refractivity contribution in [2.24, 2.45) is 23.7 Å². The van der Waals surface area contributed by atoms with Gasteiger partial charge in [0.2, 0.25) is 0 Å². The van der Waals surface area contributed by atoms with Crippen molar-refractivity contribution >= 4 is 18.6 Å². The van der Waals surface area contributed by atoms with Gasteiger partial charge in [0.15, 0.2) is 0 Å². The lowest BCUT2D eigenvalue weighted by molar-refractivity contribution is -0.148. The fourth-order valence-electron chi connectivity index (χ4n) is 4.17. The standard InChI is InChI=1S/C17H30O2.CH4S/c1-12-7-9-15(10-8-12)13(2)11-16-5-4-6-17(16)19-14(3)18;1-2/h12-13,15-17H,4-11H2,1-3H3;2H,1H3. The van der Waals surface area contributed by atoms with Crippen LogP contribution in [0.3, 0.4) is 0 Å². The maximum Gasteiger partial charge on any atom is 0.302 e. The second-order valence-corrected chi connectivity index (χ2v) is 7.07. The van der Waals surface area contributed by atoms with E-state index in [4.69, 9.17) is 4.74 Å². The third-order valence-corrected chi connectivity index (χ3v) is 5.45. The van der Waals surface area contributed by atoms with Gasteiger partial charge in [-0.15, -0.1) is 0 Å². The van der Waals surface area contributed by atoms with Gasteiger partial charge in [-0.05, 0) is 68.5 Å². The van der Waals surface area contributed by atoms with Gasteiger partial charge in [-0.2, -0.15) is 12.6 Å². The molecular formula is C18H34O2S. The van der Waals surface area contributed by atoms with Crippen molar-refractivity contribution in [3.8, 4) is 0 Å². The summed E-state index contributed by atoms with van der Waals surface area (Å²) in [5.74, 6) is 3.17. The Hall–Kier alpha value is -0.180. The average Bonchev–Trinajstić information content (AvgIpc) is 2.88. The average molecular weight is 315 g/mol. The highest BCUT2D eigenvalue weighted by Gasteiger charge is 2.33. The number of hydrogen-bond donors (Lipinski definition) is 1. The van der Waals surface area contributed by atoms with Crippen LogP contribution in [0.4, 0.5) is 0 Å². The molecule has 0 aromatic heterocycles. The summed E-state index contributed by atoms with van der Waals surface area (Å²) in [6, 6.07) is 0. The van der Waals surface area contributed by atoms with Crippen molar-refractivity contribution in [3.05, 3.63) is 0 Å². The van der Waals surface area contributed by atoms with Crippen LogP contribution in [0.15, 0.2) is 0 Å². The molecule has 0 saturated heterocycles. The van der Waals surface area contributed by atoms with Crippen molar-refractivity contribution in [2.45, 2.75) is 78.2 Å². The molecule has 0 aliphatic heterocycles. The number of hydrogen-bond acceptors (Lipinski definition) is 3. The van der Waals surface area contributed by atoms with E-state index in [1.807, 2.05) is 0 Å². The maximum atomic E-state index is 11.1. The van der Waals surface area contributed by atoms with Gasteiger partial charge in [0.25, 0.3) is 0 Å². The Bertz CT molecular complexity index is 298. The van der Waals surface area contributed by atoms with Gasteiger partial charge < -0.3 is 4.74 Å². The van der Waals surface area contributed by atoms with Crippen LogP contribution >= 0.6 is 12.6 Å². The SMILES string of the molecule is CC(=O)OC1CCCC1CC(C)C1CCC(C)CC1.CS. The summed E-state index contributed by atoms with van der Waals surface area (Å²) >= 11 is 3.53. The fraction of sp³-hybridized carbons (Fsp3) is 0.944. The van der Waals surface area contributed by atoms with E-state index < -0.39 is 0 Å². The second kappa shape index (κ2) is 9.76. The summed E-state index contributed by atoms with van der Waals surface area (Å²) in [7, 11) is 0. The molecule has 0 N–H and O–H groups in total. The van der Waals surface area contributed by atoms with E-state index in [1.165, 1.54) is 44.9 Å². The summed E-state index contributed by atoms with van der Waals surface area (Å²) < 4.78 is 5.49. The van der Waals surface area contributed by atoms with E-state index >= 15 is 0 Å². The molecule has 3 heteroatoms. The molecular weight excluding hydrogens is 280 g/mol. The van der Waals surface area contributed by atoms with Crippen LogP contribution in [0.25, 0.3) is 0 Å². The third-order valence-electron chi connectivity index (χ3n) is 5.45. The Balaban J connectivity index is 0.00000106. The normalized spacial score (nSPS) is 33.8. The molecule has 2 rings (SSSR count). The van der Waals surface area contributed by atoms with Crippen molar-refractivity contribution in [1.82, 2.24) is 0 Å². The zero-order chi connectivity index (χ0) is 15.8. The van der Waals surface area contributed by atoms with Crippen molar-refractivity contribution in [2.75, 3.05) is 6.26 Å². The first-order valence-corrected chi connectivity index (χ1v) is 9.57. The predicted molar refractivity (Wildman–Crippen MR) is 92.7 cm³/mol. The minimum Gasteiger partial charge on any atom is -0.462 e. The third kappa shape index (κ3) is 6.22. The van der Waals surface area contributed by atoms with Crippen LogP contribution in [0, 0.1) is 23.7 Å². The highest BCUT2D eigenvalue weighted by Crippen LogP contribution is 2.39. The molecule has 3 unspecified atom stereocenters. The van der Waals surface area contributed by atoms with E-state index in [9.17, 15) is 4.79 Å². The number of carbonyl (C=O) groups excluding carboxylic acids is 1. The number of thiol groups is 1. The van der Waals surface area contributed by atoms with Crippen LogP contribution in [-0.4, -0.2) is 18.3 Å². The molecule has 0 radical (unpaired) electrons. The molecule has 2 fully saturated rings. The zero-order valence-corrected chi connectivity index (χ0v) is 15.2. The molecule has 2 nitrogen and oxygen atoms in total. The first-order valence-electron chi connectivity index (χ1n) is 8.68. The molecule has 0 heterocycles. The molecule has 21 heavy (non-hydrogen) atoms. The Morgan fingerprint density at radius 3 is 2.33 bits per heavy atom. The Kier molecular flexibility index (Phi) is 8.77. The molecule has 2 saturated carbocycles. The van der Waals surface area contributed by atoms with E-state index in [0.29, 0.717) is 5.92 Å². The van der Waals surface area contributed by atoms with E-state index in [2.05, 4.69) is 26.5 Å². The van der Waals surface area contributed by atoms with Gasteiger partial charge in [-0.3, -0.25) is 4.79 Å². The topological polar surface area (TPSA) is 26.3 Å².